The molecule has 0 saturated heterocycles. The molecule has 0 spiro atoms. The molecule has 2 rings (SSSR count). The molecule has 7 heteroatoms. The van der Waals surface area contributed by atoms with Gasteiger partial charge in [0.05, 0.1) is 5.69 Å². The number of benzene rings is 2. The first kappa shape index (κ1) is 16.0. The van der Waals surface area contributed by atoms with Gasteiger partial charge in [-0.15, -0.1) is 0 Å². The average molecular weight is 315 g/mol. The van der Waals surface area contributed by atoms with Gasteiger partial charge in [-0.25, -0.2) is 4.79 Å². The van der Waals surface area contributed by atoms with Crippen molar-refractivity contribution in [3.63, 3.8) is 0 Å². The molecule has 0 unspecified atom stereocenters. The van der Waals surface area contributed by atoms with E-state index in [4.69, 9.17) is 14.6 Å². The Bertz CT molecular complexity index is 714. The summed E-state index contributed by atoms with van der Waals surface area (Å²) in [6.45, 7) is -0.598. The number of rotatable bonds is 7. The van der Waals surface area contributed by atoms with Crippen molar-refractivity contribution in [2.24, 2.45) is 0 Å². The van der Waals surface area contributed by atoms with Gasteiger partial charge < -0.3 is 19.9 Å². The monoisotopic (exact) mass is 315 g/mol. The summed E-state index contributed by atoms with van der Waals surface area (Å²) in [5, 5.41) is 11.0. The summed E-state index contributed by atoms with van der Waals surface area (Å²) >= 11 is 0. The van der Waals surface area contributed by atoms with Crippen molar-refractivity contribution in [1.82, 2.24) is 0 Å². The van der Waals surface area contributed by atoms with E-state index in [2.05, 4.69) is 5.32 Å². The van der Waals surface area contributed by atoms with Gasteiger partial charge in [-0.05, 0) is 24.3 Å². The SMILES string of the molecule is O=CC(=O)Nc1ccc(Oc2ccccc2)cc1OCC(=O)O. The number of hydrogen-bond donors (Lipinski definition) is 2. The molecule has 0 heterocycles. The maximum atomic E-state index is 11.2. The molecule has 0 aliphatic rings. The zero-order valence-corrected chi connectivity index (χ0v) is 11.9. The smallest absolute Gasteiger partial charge is 0.341 e. The maximum absolute atomic E-state index is 11.2. The van der Waals surface area contributed by atoms with Crippen LogP contribution >= 0.6 is 0 Å². The van der Waals surface area contributed by atoms with Crippen LogP contribution < -0.4 is 14.8 Å². The van der Waals surface area contributed by atoms with Gasteiger partial charge in [0.25, 0.3) is 5.91 Å². The molecule has 2 aromatic carbocycles. The highest BCUT2D eigenvalue weighted by Crippen LogP contribution is 2.31. The average Bonchev–Trinajstić information content (AvgIpc) is 2.55. The Hall–Kier alpha value is -3.35. The summed E-state index contributed by atoms with van der Waals surface area (Å²) in [5.74, 6) is -0.993. The van der Waals surface area contributed by atoms with E-state index in [1.54, 1.807) is 30.3 Å². The lowest BCUT2D eigenvalue weighted by Gasteiger charge is -2.12. The minimum atomic E-state index is -1.17. The second kappa shape index (κ2) is 7.60. The summed E-state index contributed by atoms with van der Waals surface area (Å²) in [6.07, 6.45) is 0.107. The van der Waals surface area contributed by atoms with Crippen LogP contribution in [0.1, 0.15) is 0 Å². The lowest BCUT2D eigenvalue weighted by Crippen LogP contribution is -2.15. The number of nitrogens with one attached hydrogen (secondary N) is 1. The first-order valence-electron chi connectivity index (χ1n) is 6.56. The van der Waals surface area contributed by atoms with Gasteiger partial charge >= 0.3 is 5.97 Å². The van der Waals surface area contributed by atoms with E-state index >= 15 is 0 Å². The molecule has 2 N–H and O–H groups in total. The first-order valence-corrected chi connectivity index (χ1v) is 6.56. The third kappa shape index (κ3) is 4.85. The molecule has 118 valence electrons. The molecule has 0 aliphatic heterocycles. The summed E-state index contributed by atoms with van der Waals surface area (Å²) in [6, 6.07) is 13.4. The van der Waals surface area contributed by atoms with Crippen LogP contribution in [0, 0.1) is 0 Å². The third-order valence-corrected chi connectivity index (χ3v) is 2.65. The van der Waals surface area contributed by atoms with Gasteiger partial charge in [0, 0.05) is 6.07 Å². The Labute approximate surface area is 131 Å². The molecule has 23 heavy (non-hydrogen) atoms. The zero-order chi connectivity index (χ0) is 16.7. The minimum Gasteiger partial charge on any atom is -0.480 e. The molecule has 0 bridgehead atoms. The van der Waals surface area contributed by atoms with Crippen molar-refractivity contribution in [1.29, 1.82) is 0 Å². The van der Waals surface area contributed by atoms with Crippen LogP contribution in [0.3, 0.4) is 0 Å². The highest BCUT2D eigenvalue weighted by Gasteiger charge is 2.11. The molecule has 1 amide bonds. The van der Waals surface area contributed by atoms with Gasteiger partial charge in [0.1, 0.15) is 17.2 Å². The molecule has 0 aromatic heterocycles. The third-order valence-electron chi connectivity index (χ3n) is 2.65. The van der Waals surface area contributed by atoms with E-state index in [9.17, 15) is 14.4 Å². The van der Waals surface area contributed by atoms with E-state index in [1.165, 1.54) is 12.1 Å². The topological polar surface area (TPSA) is 102 Å². The van der Waals surface area contributed by atoms with Crippen LogP contribution in [0.5, 0.6) is 17.2 Å². The Balaban J connectivity index is 2.24. The second-order valence-electron chi connectivity index (χ2n) is 4.36. The number of ether oxygens (including phenoxy) is 2. The standard InChI is InChI=1S/C16H13NO6/c18-9-15(19)17-13-7-6-12(8-14(13)22-10-16(20)21)23-11-4-2-1-3-5-11/h1-9H,10H2,(H,17,19)(H,20,21). The number of carboxylic acids is 1. The van der Waals surface area contributed by atoms with Crippen LogP contribution in [0.4, 0.5) is 5.69 Å². The lowest BCUT2D eigenvalue weighted by molar-refractivity contribution is -0.139. The van der Waals surface area contributed by atoms with Gasteiger partial charge in [-0.3, -0.25) is 9.59 Å². The number of carboxylic acid groups (broad SMARTS) is 1. The number of hydrogen-bond acceptors (Lipinski definition) is 5. The summed E-state index contributed by atoms with van der Waals surface area (Å²) in [7, 11) is 0. The normalized spacial score (nSPS) is 9.74. The number of carbonyl (C=O) groups is 3. The van der Waals surface area contributed by atoms with Crippen molar-refractivity contribution in [2.75, 3.05) is 11.9 Å². The molecule has 7 nitrogen and oxygen atoms in total. The maximum Gasteiger partial charge on any atom is 0.341 e. The highest BCUT2D eigenvalue weighted by molar-refractivity contribution is 6.29. The van der Waals surface area contributed by atoms with E-state index in [1.807, 2.05) is 6.07 Å². The number of carbonyl (C=O) groups excluding carboxylic acids is 2. The molecule has 0 fully saturated rings. The van der Waals surface area contributed by atoms with Gasteiger partial charge in [-0.1, -0.05) is 18.2 Å². The molecule has 0 radical (unpaired) electrons. The van der Waals surface area contributed by atoms with Crippen molar-refractivity contribution in [2.45, 2.75) is 0 Å². The fraction of sp³-hybridized carbons (Fsp3) is 0.0625. The second-order valence-corrected chi connectivity index (χ2v) is 4.36. The van der Waals surface area contributed by atoms with Crippen LogP contribution in [0.25, 0.3) is 0 Å². The van der Waals surface area contributed by atoms with E-state index in [-0.39, 0.29) is 17.7 Å². The summed E-state index contributed by atoms with van der Waals surface area (Å²) in [5.41, 5.74) is 0.170. The largest absolute Gasteiger partial charge is 0.480 e. The van der Waals surface area contributed by atoms with E-state index in [0.29, 0.717) is 11.5 Å². The number of amides is 1. The van der Waals surface area contributed by atoms with Crippen LogP contribution in [0.15, 0.2) is 48.5 Å². The Morgan fingerprint density at radius 2 is 1.83 bits per heavy atom. The Kier molecular flexibility index (Phi) is 5.30. The van der Waals surface area contributed by atoms with E-state index in [0.717, 1.165) is 0 Å². The van der Waals surface area contributed by atoms with Crippen molar-refractivity contribution >= 4 is 23.9 Å². The fourth-order valence-corrected chi connectivity index (χ4v) is 1.72. The van der Waals surface area contributed by atoms with Gasteiger partial charge in [0.15, 0.2) is 6.61 Å². The van der Waals surface area contributed by atoms with Crippen LogP contribution in [-0.2, 0) is 14.4 Å². The quantitative estimate of drug-likeness (QED) is 0.599. The molecular formula is C16H13NO6. The summed E-state index contributed by atoms with van der Waals surface area (Å²) in [4.78, 5) is 32.2. The van der Waals surface area contributed by atoms with Crippen molar-refractivity contribution in [3.8, 4) is 17.2 Å². The minimum absolute atomic E-state index is 0.0797. The Morgan fingerprint density at radius 3 is 2.48 bits per heavy atom. The number of para-hydroxylation sites is 1. The predicted octanol–water partition coefficient (Wildman–Crippen LogP) is 2.08. The highest BCUT2D eigenvalue weighted by atomic mass is 16.5. The van der Waals surface area contributed by atoms with Crippen LogP contribution in [-0.4, -0.2) is 29.9 Å². The lowest BCUT2D eigenvalue weighted by atomic mass is 10.2. The fourth-order valence-electron chi connectivity index (χ4n) is 1.72. The number of aliphatic carboxylic acids is 1. The van der Waals surface area contributed by atoms with Gasteiger partial charge in [-0.2, -0.15) is 0 Å². The molecular weight excluding hydrogens is 302 g/mol. The molecule has 0 atom stereocenters. The molecule has 0 saturated carbocycles. The molecule has 0 aliphatic carbocycles. The predicted molar refractivity (Wildman–Crippen MR) is 80.8 cm³/mol. The first-order chi connectivity index (χ1) is 11.1. The summed E-state index contributed by atoms with van der Waals surface area (Å²) < 4.78 is 10.7. The number of anilines is 1. The van der Waals surface area contributed by atoms with E-state index < -0.39 is 18.5 Å². The van der Waals surface area contributed by atoms with Crippen molar-refractivity contribution in [3.05, 3.63) is 48.5 Å². The van der Waals surface area contributed by atoms with Crippen molar-refractivity contribution < 1.29 is 29.0 Å². The molecule has 2 aromatic rings. The Morgan fingerprint density at radius 1 is 1.09 bits per heavy atom. The zero-order valence-electron chi connectivity index (χ0n) is 11.9. The van der Waals surface area contributed by atoms with Crippen LogP contribution in [0.2, 0.25) is 0 Å². The van der Waals surface area contributed by atoms with Gasteiger partial charge in [0.2, 0.25) is 6.29 Å². The number of aldehydes is 1.